The summed E-state index contributed by atoms with van der Waals surface area (Å²) in [4.78, 5) is 13.2. The number of rotatable bonds is 4. The summed E-state index contributed by atoms with van der Waals surface area (Å²) in [6, 6.07) is 22.8. The summed E-state index contributed by atoms with van der Waals surface area (Å²) in [6.07, 6.45) is 0. The number of hydrogen-bond acceptors (Lipinski definition) is 2. The average molecular weight is 342 g/mol. The van der Waals surface area contributed by atoms with Crippen LogP contribution in [0.25, 0.3) is 16.3 Å². The first kappa shape index (κ1) is 16.6. The van der Waals surface area contributed by atoms with Gasteiger partial charge < -0.3 is 4.74 Å². The number of fused-ring (bicyclic) bond motifs is 1. The van der Waals surface area contributed by atoms with E-state index in [4.69, 9.17) is 4.74 Å². The third kappa shape index (κ3) is 2.29. The maximum absolute atomic E-state index is 13.2. The summed E-state index contributed by atoms with van der Waals surface area (Å²) in [7, 11) is 0. The first-order valence-electron chi connectivity index (χ1n) is 9.05. The minimum Gasteiger partial charge on any atom is -0.465 e. The van der Waals surface area contributed by atoms with Gasteiger partial charge in [0.05, 0.1) is 6.61 Å². The molecule has 4 rings (SSSR count). The summed E-state index contributed by atoms with van der Waals surface area (Å²) in [6.45, 7) is 6.35. The zero-order valence-corrected chi connectivity index (χ0v) is 15.4. The Bertz CT molecular complexity index is 1020. The predicted octanol–water partition coefficient (Wildman–Crippen LogP) is 5.44. The van der Waals surface area contributed by atoms with E-state index in [2.05, 4.69) is 55.5 Å². The van der Waals surface area contributed by atoms with Crippen molar-refractivity contribution >= 4 is 22.3 Å². The van der Waals surface area contributed by atoms with Crippen LogP contribution < -0.4 is 0 Å². The molecule has 1 aliphatic carbocycles. The molecule has 1 aliphatic rings. The molecule has 0 aliphatic heterocycles. The van der Waals surface area contributed by atoms with Gasteiger partial charge >= 0.3 is 5.97 Å². The summed E-state index contributed by atoms with van der Waals surface area (Å²) >= 11 is 0. The van der Waals surface area contributed by atoms with E-state index in [1.165, 1.54) is 5.56 Å². The molecule has 3 aromatic carbocycles. The SMILES string of the molecule is CCOC(=O)C1(c2cccc3ccccc23)C(C)=C1c1ccc(C)cc1. The maximum atomic E-state index is 13.2. The lowest BCUT2D eigenvalue weighted by Gasteiger charge is -2.21. The Kier molecular flexibility index (Phi) is 3.91. The molecule has 0 saturated heterocycles. The van der Waals surface area contributed by atoms with Gasteiger partial charge in [-0.25, -0.2) is 0 Å². The third-order valence-electron chi connectivity index (χ3n) is 5.37. The van der Waals surface area contributed by atoms with Gasteiger partial charge in [-0.1, -0.05) is 72.3 Å². The molecule has 0 heterocycles. The molecule has 2 heteroatoms. The van der Waals surface area contributed by atoms with Crippen LogP contribution in [0.2, 0.25) is 0 Å². The van der Waals surface area contributed by atoms with E-state index in [0.717, 1.165) is 33.0 Å². The van der Waals surface area contributed by atoms with Crippen LogP contribution in [0.4, 0.5) is 0 Å². The Morgan fingerprint density at radius 2 is 1.62 bits per heavy atom. The standard InChI is InChI=1S/C24H22O2/c1-4-26-23(25)24(17(3)22(24)19-14-12-16(2)13-15-19)21-11-7-9-18-8-5-6-10-20(18)21/h5-15H,4H2,1-3H3. The molecule has 0 saturated carbocycles. The molecule has 1 atom stereocenters. The molecule has 0 fully saturated rings. The van der Waals surface area contributed by atoms with E-state index in [0.29, 0.717) is 6.61 Å². The topological polar surface area (TPSA) is 26.3 Å². The minimum atomic E-state index is -0.772. The quantitative estimate of drug-likeness (QED) is 0.590. The van der Waals surface area contributed by atoms with Gasteiger partial charge in [-0.05, 0) is 53.8 Å². The maximum Gasteiger partial charge on any atom is 0.325 e. The lowest BCUT2D eigenvalue weighted by molar-refractivity contribution is -0.145. The summed E-state index contributed by atoms with van der Waals surface area (Å²) < 4.78 is 5.54. The molecule has 0 N–H and O–H groups in total. The van der Waals surface area contributed by atoms with Crippen LogP contribution in [-0.4, -0.2) is 12.6 Å². The van der Waals surface area contributed by atoms with E-state index in [1.54, 1.807) is 0 Å². The van der Waals surface area contributed by atoms with Crippen molar-refractivity contribution in [2.45, 2.75) is 26.2 Å². The van der Waals surface area contributed by atoms with Gasteiger partial charge in [0.1, 0.15) is 5.41 Å². The Labute approximate surface area is 154 Å². The van der Waals surface area contributed by atoms with E-state index in [-0.39, 0.29) is 5.97 Å². The fraction of sp³-hybridized carbons (Fsp3) is 0.208. The molecule has 1 unspecified atom stereocenters. The molecule has 0 aromatic heterocycles. The number of hydrogen-bond donors (Lipinski definition) is 0. The summed E-state index contributed by atoms with van der Waals surface area (Å²) in [5.41, 5.74) is 4.70. The van der Waals surface area contributed by atoms with E-state index >= 15 is 0 Å². The highest BCUT2D eigenvalue weighted by Crippen LogP contribution is 2.61. The number of esters is 1. The smallest absolute Gasteiger partial charge is 0.325 e. The number of carbonyl (C=O) groups excluding carboxylic acids is 1. The fourth-order valence-electron chi connectivity index (χ4n) is 4.05. The molecule has 26 heavy (non-hydrogen) atoms. The molecule has 0 radical (unpaired) electrons. The van der Waals surface area contributed by atoms with E-state index < -0.39 is 5.41 Å². The van der Waals surface area contributed by atoms with Crippen molar-refractivity contribution in [3.05, 3.63) is 89.0 Å². The first-order valence-corrected chi connectivity index (χ1v) is 9.05. The number of benzene rings is 3. The zero-order valence-electron chi connectivity index (χ0n) is 15.4. The fourth-order valence-corrected chi connectivity index (χ4v) is 4.05. The van der Waals surface area contributed by atoms with Crippen molar-refractivity contribution in [3.63, 3.8) is 0 Å². The van der Waals surface area contributed by atoms with Gasteiger partial charge in [0, 0.05) is 0 Å². The van der Waals surface area contributed by atoms with Crippen LogP contribution in [0, 0.1) is 6.92 Å². The largest absolute Gasteiger partial charge is 0.465 e. The Morgan fingerprint density at radius 1 is 0.923 bits per heavy atom. The lowest BCUT2D eigenvalue weighted by atomic mass is 9.83. The van der Waals surface area contributed by atoms with Crippen molar-refractivity contribution in [1.82, 2.24) is 0 Å². The van der Waals surface area contributed by atoms with Crippen molar-refractivity contribution in [3.8, 4) is 0 Å². The predicted molar refractivity (Wildman–Crippen MR) is 106 cm³/mol. The molecular formula is C24H22O2. The molecule has 130 valence electrons. The van der Waals surface area contributed by atoms with Gasteiger partial charge in [0.15, 0.2) is 0 Å². The molecule has 2 nitrogen and oxygen atoms in total. The molecule has 0 amide bonds. The Morgan fingerprint density at radius 3 is 2.35 bits per heavy atom. The Hall–Kier alpha value is -2.87. The average Bonchev–Trinajstić information content (AvgIpc) is 3.28. The second kappa shape index (κ2) is 6.14. The van der Waals surface area contributed by atoms with Gasteiger partial charge in [-0.2, -0.15) is 0 Å². The highest BCUT2D eigenvalue weighted by molar-refractivity contribution is 6.17. The number of carbonyl (C=O) groups is 1. The normalized spacial score (nSPS) is 18.9. The van der Waals surface area contributed by atoms with Crippen molar-refractivity contribution < 1.29 is 9.53 Å². The highest BCUT2D eigenvalue weighted by atomic mass is 16.5. The van der Waals surface area contributed by atoms with E-state index in [9.17, 15) is 4.79 Å². The highest BCUT2D eigenvalue weighted by Gasteiger charge is 2.60. The molecule has 0 spiro atoms. The van der Waals surface area contributed by atoms with Gasteiger partial charge in [-0.3, -0.25) is 4.79 Å². The van der Waals surface area contributed by atoms with Crippen LogP contribution in [-0.2, 0) is 14.9 Å². The molecular weight excluding hydrogens is 320 g/mol. The van der Waals surface area contributed by atoms with Gasteiger partial charge in [0.25, 0.3) is 0 Å². The van der Waals surface area contributed by atoms with Crippen LogP contribution in [0.15, 0.2) is 72.3 Å². The second-order valence-electron chi connectivity index (χ2n) is 6.86. The van der Waals surface area contributed by atoms with Crippen LogP contribution >= 0.6 is 0 Å². The first-order chi connectivity index (χ1) is 12.6. The summed E-state index contributed by atoms with van der Waals surface area (Å²) in [5, 5.41) is 2.24. The molecule has 3 aromatic rings. The van der Waals surface area contributed by atoms with Gasteiger partial charge in [0.2, 0.25) is 0 Å². The minimum absolute atomic E-state index is 0.176. The van der Waals surface area contributed by atoms with Crippen LogP contribution in [0.1, 0.15) is 30.5 Å². The summed E-state index contributed by atoms with van der Waals surface area (Å²) in [5.74, 6) is -0.176. The van der Waals surface area contributed by atoms with Gasteiger partial charge in [-0.15, -0.1) is 0 Å². The number of aryl methyl sites for hydroxylation is 1. The lowest BCUT2D eigenvalue weighted by Crippen LogP contribution is -2.28. The third-order valence-corrected chi connectivity index (χ3v) is 5.37. The van der Waals surface area contributed by atoms with Crippen LogP contribution in [0.3, 0.4) is 0 Å². The number of ether oxygens (including phenoxy) is 1. The monoisotopic (exact) mass is 342 g/mol. The zero-order chi connectivity index (χ0) is 18.3. The molecule has 0 bridgehead atoms. The van der Waals surface area contributed by atoms with Crippen molar-refractivity contribution in [2.75, 3.05) is 6.61 Å². The van der Waals surface area contributed by atoms with Crippen molar-refractivity contribution in [1.29, 1.82) is 0 Å². The second-order valence-corrected chi connectivity index (χ2v) is 6.86. The van der Waals surface area contributed by atoms with E-state index in [1.807, 2.05) is 32.0 Å². The van der Waals surface area contributed by atoms with Crippen LogP contribution in [0.5, 0.6) is 0 Å². The van der Waals surface area contributed by atoms with Crippen molar-refractivity contribution in [2.24, 2.45) is 0 Å². The Balaban J connectivity index is 1.92.